The zero-order valence-corrected chi connectivity index (χ0v) is 13.7. The molecule has 1 aliphatic heterocycles. The molecule has 25 heavy (non-hydrogen) atoms. The Hall–Kier alpha value is -1.82. The molecule has 1 aliphatic rings. The molecule has 2 atom stereocenters. The van der Waals surface area contributed by atoms with Crippen LogP contribution in [0.1, 0.15) is 11.1 Å². The Morgan fingerprint density at radius 2 is 1.52 bits per heavy atom. The van der Waals surface area contributed by atoms with E-state index in [1.54, 1.807) is 0 Å². The Kier molecular flexibility index (Phi) is 6.13. The van der Waals surface area contributed by atoms with Crippen molar-refractivity contribution in [2.24, 2.45) is 0 Å². The minimum absolute atomic E-state index is 0.229. The van der Waals surface area contributed by atoms with Gasteiger partial charge in [-0.3, -0.25) is 0 Å². The van der Waals surface area contributed by atoms with Gasteiger partial charge in [-0.1, -0.05) is 60.7 Å². The molecule has 0 saturated carbocycles. The molecule has 1 saturated heterocycles. The van der Waals surface area contributed by atoms with E-state index in [1.165, 1.54) is 13.0 Å². The zero-order chi connectivity index (χ0) is 17.5. The second kappa shape index (κ2) is 8.52. The van der Waals surface area contributed by atoms with Crippen LogP contribution >= 0.6 is 0 Å². The maximum Gasteiger partial charge on any atom is 0.271 e. The molecule has 0 unspecified atom stereocenters. The van der Waals surface area contributed by atoms with Crippen molar-refractivity contribution in [1.29, 1.82) is 0 Å². The molecule has 2 aromatic carbocycles. The maximum absolute atomic E-state index is 13.8. The minimum atomic E-state index is -2.74. The Labute approximate surface area is 146 Å². The summed E-state index contributed by atoms with van der Waals surface area (Å²) in [6.07, 6.45) is -2.09. The van der Waals surface area contributed by atoms with Crippen molar-refractivity contribution < 1.29 is 23.0 Å². The summed E-state index contributed by atoms with van der Waals surface area (Å²) in [4.78, 5) is 0. The lowest BCUT2D eigenvalue weighted by molar-refractivity contribution is -0.186. The highest BCUT2D eigenvalue weighted by Gasteiger charge is 2.53. The van der Waals surface area contributed by atoms with E-state index in [4.69, 9.17) is 14.2 Å². The molecule has 0 amide bonds. The molecule has 132 valence electrons. The highest BCUT2D eigenvalue weighted by Crippen LogP contribution is 2.37. The van der Waals surface area contributed by atoms with Gasteiger partial charge in [-0.2, -0.15) is 0 Å². The fourth-order valence-corrected chi connectivity index (χ4v) is 2.68. The number of halogens is 2. The predicted molar refractivity (Wildman–Crippen MR) is 89.5 cm³/mol. The largest absolute Gasteiger partial charge is 0.373 e. The van der Waals surface area contributed by atoms with Gasteiger partial charge >= 0.3 is 0 Å². The predicted octanol–water partition coefficient (Wildman–Crippen LogP) is 4.19. The van der Waals surface area contributed by atoms with Gasteiger partial charge in [0.25, 0.3) is 6.43 Å². The van der Waals surface area contributed by atoms with Crippen molar-refractivity contribution in [3.8, 4) is 0 Å². The summed E-state index contributed by atoms with van der Waals surface area (Å²) in [6, 6.07) is 18.8. The van der Waals surface area contributed by atoms with Crippen molar-refractivity contribution in [2.75, 3.05) is 6.61 Å². The van der Waals surface area contributed by atoms with Crippen molar-refractivity contribution >= 4 is 0 Å². The van der Waals surface area contributed by atoms with Crippen LogP contribution in [0.5, 0.6) is 0 Å². The number of alkyl halides is 2. The van der Waals surface area contributed by atoms with E-state index in [-0.39, 0.29) is 19.8 Å². The molecule has 1 fully saturated rings. The second-order valence-corrected chi connectivity index (χ2v) is 5.90. The molecule has 0 aliphatic carbocycles. The van der Waals surface area contributed by atoms with E-state index in [0.717, 1.165) is 11.1 Å². The standard InChI is InChI=1S/C20H20F2O3/c21-19(22)20(15-23-13-16-7-3-1-4-8-16)18(11-12-25-20)24-14-17-9-5-2-6-10-17/h1-12,18-19H,13-15H2/t18-,20+/m0/s1. The topological polar surface area (TPSA) is 27.7 Å². The van der Waals surface area contributed by atoms with Gasteiger partial charge in [-0.25, -0.2) is 8.78 Å². The average molecular weight is 346 g/mol. The molecule has 0 aromatic heterocycles. The van der Waals surface area contributed by atoms with E-state index < -0.39 is 18.1 Å². The molecule has 3 nitrogen and oxygen atoms in total. The molecule has 0 bridgehead atoms. The van der Waals surface area contributed by atoms with Gasteiger partial charge in [0.15, 0.2) is 5.60 Å². The monoisotopic (exact) mass is 346 g/mol. The molecule has 3 rings (SSSR count). The van der Waals surface area contributed by atoms with Gasteiger partial charge in [0.1, 0.15) is 6.10 Å². The first-order valence-electron chi connectivity index (χ1n) is 8.10. The lowest BCUT2D eigenvalue weighted by atomic mass is 9.98. The van der Waals surface area contributed by atoms with Crippen LogP contribution in [0.2, 0.25) is 0 Å². The van der Waals surface area contributed by atoms with Crippen LogP contribution in [-0.2, 0) is 27.4 Å². The molecule has 0 N–H and O–H groups in total. The van der Waals surface area contributed by atoms with Gasteiger partial charge in [0.2, 0.25) is 0 Å². The smallest absolute Gasteiger partial charge is 0.271 e. The Morgan fingerprint density at radius 1 is 0.920 bits per heavy atom. The Balaban J connectivity index is 1.61. The van der Waals surface area contributed by atoms with E-state index in [9.17, 15) is 8.78 Å². The summed E-state index contributed by atoms with van der Waals surface area (Å²) < 4.78 is 44.0. The van der Waals surface area contributed by atoms with Crippen LogP contribution in [0.15, 0.2) is 60.7 Å². The van der Waals surface area contributed by atoms with Crippen molar-refractivity contribution in [1.82, 2.24) is 0 Å². The maximum atomic E-state index is 13.8. The summed E-state index contributed by atoms with van der Waals surface area (Å²) in [6.45, 7) is 1.48. The van der Waals surface area contributed by atoms with Gasteiger partial charge in [-0.15, -0.1) is 0 Å². The van der Waals surface area contributed by atoms with Crippen LogP contribution < -0.4 is 0 Å². The van der Waals surface area contributed by atoms with E-state index in [1.807, 2.05) is 60.7 Å². The Bertz CT molecular complexity index is 636. The second-order valence-electron chi connectivity index (χ2n) is 5.90. The zero-order valence-electron chi connectivity index (χ0n) is 13.7. The highest BCUT2D eigenvalue weighted by atomic mass is 19.3. The number of benzene rings is 2. The van der Waals surface area contributed by atoms with E-state index in [0.29, 0.717) is 0 Å². The number of ether oxygens (including phenoxy) is 3. The normalized spacial score (nSPS) is 23.2. The molecular weight excluding hydrogens is 326 g/mol. The molecule has 2 aromatic rings. The van der Waals surface area contributed by atoms with Crippen LogP contribution in [0, 0.1) is 13.0 Å². The summed E-state index contributed by atoms with van der Waals surface area (Å²) in [5.41, 5.74) is 0.0135. The van der Waals surface area contributed by atoms with Gasteiger partial charge < -0.3 is 14.2 Å². The summed E-state index contributed by atoms with van der Waals surface area (Å²) in [7, 11) is 0. The summed E-state index contributed by atoms with van der Waals surface area (Å²) in [5.74, 6) is 0. The van der Waals surface area contributed by atoms with Crippen LogP contribution in [0.3, 0.4) is 0 Å². The molecular formula is C20H20F2O3. The molecule has 2 radical (unpaired) electrons. The van der Waals surface area contributed by atoms with E-state index >= 15 is 0 Å². The SMILES string of the molecule is FC(F)[C@]1(COCc2ccccc2)O[CH][CH][C@@H]1OCc1ccccc1. The Morgan fingerprint density at radius 3 is 2.12 bits per heavy atom. The third kappa shape index (κ3) is 4.42. The highest BCUT2D eigenvalue weighted by molar-refractivity contribution is 5.16. The molecule has 5 heteroatoms. The average Bonchev–Trinajstić information content (AvgIpc) is 3.06. The summed E-state index contributed by atoms with van der Waals surface area (Å²) in [5, 5.41) is 0. The first kappa shape index (κ1) is 18.0. The van der Waals surface area contributed by atoms with Gasteiger partial charge in [0.05, 0.1) is 26.4 Å². The number of hydrogen-bond acceptors (Lipinski definition) is 3. The quantitative estimate of drug-likeness (QED) is 0.717. The van der Waals surface area contributed by atoms with Crippen LogP contribution in [-0.4, -0.2) is 24.7 Å². The molecule has 0 spiro atoms. The van der Waals surface area contributed by atoms with Crippen molar-refractivity contribution in [3.05, 3.63) is 84.8 Å². The third-order valence-corrected chi connectivity index (χ3v) is 4.10. The fraction of sp³-hybridized carbons (Fsp3) is 0.300. The van der Waals surface area contributed by atoms with Crippen LogP contribution in [0.4, 0.5) is 8.78 Å². The first-order chi connectivity index (χ1) is 12.2. The first-order valence-corrected chi connectivity index (χ1v) is 8.10. The van der Waals surface area contributed by atoms with Crippen molar-refractivity contribution in [2.45, 2.75) is 31.3 Å². The molecule has 1 heterocycles. The van der Waals surface area contributed by atoms with Gasteiger partial charge in [0, 0.05) is 6.42 Å². The van der Waals surface area contributed by atoms with E-state index in [2.05, 4.69) is 0 Å². The third-order valence-electron chi connectivity index (χ3n) is 4.10. The van der Waals surface area contributed by atoms with Gasteiger partial charge in [-0.05, 0) is 11.1 Å². The van der Waals surface area contributed by atoms with Crippen LogP contribution in [0.25, 0.3) is 0 Å². The lowest BCUT2D eigenvalue weighted by Gasteiger charge is -2.33. The minimum Gasteiger partial charge on any atom is -0.373 e. The number of rotatable bonds is 8. The lowest BCUT2D eigenvalue weighted by Crippen LogP contribution is -2.51. The number of hydrogen-bond donors (Lipinski definition) is 0. The van der Waals surface area contributed by atoms with Crippen molar-refractivity contribution in [3.63, 3.8) is 0 Å². The fourth-order valence-electron chi connectivity index (χ4n) is 2.68. The summed E-state index contributed by atoms with van der Waals surface area (Å²) >= 11 is 0.